The van der Waals surface area contributed by atoms with Gasteiger partial charge in [0.2, 0.25) is 5.78 Å². The van der Waals surface area contributed by atoms with E-state index in [0.717, 1.165) is 10.0 Å². The van der Waals surface area contributed by atoms with Crippen LogP contribution in [-0.2, 0) is 0 Å². The third-order valence-electron chi connectivity index (χ3n) is 2.52. The van der Waals surface area contributed by atoms with Crippen LogP contribution < -0.4 is 4.74 Å². The summed E-state index contributed by atoms with van der Waals surface area (Å²) in [6.45, 7) is 1.92. The van der Waals surface area contributed by atoms with Gasteiger partial charge >= 0.3 is 0 Å². The van der Waals surface area contributed by atoms with E-state index in [1.165, 1.54) is 19.2 Å². The topological polar surface area (TPSA) is 39.4 Å². The van der Waals surface area contributed by atoms with E-state index in [0.29, 0.717) is 11.3 Å². The molecule has 3 nitrogen and oxygen atoms in total. The second-order valence-corrected chi connectivity index (χ2v) is 4.96. The lowest BCUT2D eigenvalue weighted by molar-refractivity contribution is 0.101. The highest BCUT2D eigenvalue weighted by molar-refractivity contribution is 9.10. The van der Waals surface area contributed by atoms with Crippen molar-refractivity contribution in [3.63, 3.8) is 0 Å². The molecule has 0 saturated carbocycles. The van der Waals surface area contributed by atoms with Crippen molar-refractivity contribution in [2.75, 3.05) is 7.11 Å². The normalized spacial score (nSPS) is 10.4. The Morgan fingerprint density at radius 1 is 1.39 bits per heavy atom. The van der Waals surface area contributed by atoms with Crippen LogP contribution in [0.4, 0.5) is 0 Å². The molecule has 0 radical (unpaired) electrons. The SMILES string of the molecule is COc1cc(C)c(Br)cc1C(=O)c1ccc(Cl)o1. The van der Waals surface area contributed by atoms with E-state index >= 15 is 0 Å². The molecule has 0 aliphatic rings. The van der Waals surface area contributed by atoms with Crippen molar-refractivity contribution in [1.82, 2.24) is 0 Å². The fourth-order valence-electron chi connectivity index (χ4n) is 1.57. The molecule has 0 unspecified atom stereocenters. The zero-order valence-corrected chi connectivity index (χ0v) is 12.1. The predicted octanol–water partition coefficient (Wildman–Crippen LogP) is 4.24. The molecule has 1 aromatic carbocycles. The lowest BCUT2D eigenvalue weighted by Gasteiger charge is -2.09. The molecule has 0 spiro atoms. The number of furan rings is 1. The first-order chi connectivity index (χ1) is 8.52. The molecule has 0 aliphatic carbocycles. The summed E-state index contributed by atoms with van der Waals surface area (Å²) in [6.07, 6.45) is 0. The van der Waals surface area contributed by atoms with E-state index in [-0.39, 0.29) is 16.8 Å². The molecule has 5 heteroatoms. The number of aryl methyl sites for hydroxylation is 1. The number of benzene rings is 1. The first-order valence-corrected chi connectivity index (χ1v) is 6.34. The molecule has 0 saturated heterocycles. The van der Waals surface area contributed by atoms with Gasteiger partial charge in [-0.3, -0.25) is 4.79 Å². The summed E-state index contributed by atoms with van der Waals surface area (Å²) in [5.41, 5.74) is 1.42. The van der Waals surface area contributed by atoms with Gasteiger partial charge in [-0.15, -0.1) is 0 Å². The minimum absolute atomic E-state index is 0.184. The standard InChI is InChI=1S/C13H10BrClO3/c1-7-5-11(17-2)8(6-9(7)14)13(16)10-3-4-12(15)18-10/h3-6H,1-2H3. The van der Waals surface area contributed by atoms with E-state index in [1.807, 2.05) is 6.92 Å². The maximum Gasteiger partial charge on any atom is 0.232 e. The summed E-state index contributed by atoms with van der Waals surface area (Å²) in [7, 11) is 1.52. The highest BCUT2D eigenvalue weighted by Crippen LogP contribution is 2.29. The monoisotopic (exact) mass is 328 g/mol. The van der Waals surface area contributed by atoms with Crippen LogP contribution >= 0.6 is 27.5 Å². The van der Waals surface area contributed by atoms with Gasteiger partial charge in [0, 0.05) is 4.47 Å². The van der Waals surface area contributed by atoms with Gasteiger partial charge in [-0.2, -0.15) is 0 Å². The van der Waals surface area contributed by atoms with Crippen molar-refractivity contribution in [1.29, 1.82) is 0 Å². The molecule has 1 aromatic heterocycles. The molecule has 2 rings (SSSR count). The second-order valence-electron chi connectivity index (χ2n) is 3.73. The number of ether oxygens (including phenoxy) is 1. The maximum atomic E-state index is 12.2. The summed E-state index contributed by atoms with van der Waals surface area (Å²) in [4.78, 5) is 12.2. The van der Waals surface area contributed by atoms with Gasteiger partial charge in [-0.05, 0) is 48.4 Å². The Bertz CT molecular complexity index is 604. The third kappa shape index (κ3) is 2.44. The van der Waals surface area contributed by atoms with Gasteiger partial charge in [-0.1, -0.05) is 15.9 Å². The van der Waals surface area contributed by atoms with E-state index in [9.17, 15) is 4.79 Å². The molecule has 1 heterocycles. The van der Waals surface area contributed by atoms with Crippen molar-refractivity contribution in [3.8, 4) is 5.75 Å². The largest absolute Gasteiger partial charge is 0.496 e. The lowest BCUT2D eigenvalue weighted by atomic mass is 10.1. The molecular weight excluding hydrogens is 319 g/mol. The van der Waals surface area contributed by atoms with Gasteiger partial charge in [0.15, 0.2) is 11.0 Å². The Kier molecular flexibility index (Phi) is 3.78. The number of methoxy groups -OCH3 is 1. The highest BCUT2D eigenvalue weighted by Gasteiger charge is 2.19. The number of hydrogen-bond acceptors (Lipinski definition) is 3. The average molecular weight is 330 g/mol. The number of carbonyl (C=O) groups is 1. The number of rotatable bonds is 3. The Hall–Kier alpha value is -1.26. The Balaban J connectivity index is 2.50. The van der Waals surface area contributed by atoms with E-state index < -0.39 is 0 Å². The molecule has 0 fully saturated rings. The Labute approximate surface area is 118 Å². The molecule has 0 atom stereocenters. The quantitative estimate of drug-likeness (QED) is 0.791. The summed E-state index contributed by atoms with van der Waals surface area (Å²) < 4.78 is 11.2. The second kappa shape index (κ2) is 5.16. The summed E-state index contributed by atoms with van der Waals surface area (Å²) >= 11 is 9.05. The van der Waals surface area contributed by atoms with E-state index in [1.54, 1.807) is 12.1 Å². The van der Waals surface area contributed by atoms with Gasteiger partial charge < -0.3 is 9.15 Å². The van der Waals surface area contributed by atoms with Crippen LogP contribution in [0.3, 0.4) is 0 Å². The van der Waals surface area contributed by atoms with Gasteiger partial charge in [0.1, 0.15) is 5.75 Å². The zero-order valence-electron chi connectivity index (χ0n) is 9.79. The first kappa shape index (κ1) is 13.2. The molecule has 94 valence electrons. The fourth-order valence-corrected chi connectivity index (χ4v) is 2.06. The molecule has 2 aromatic rings. The number of carbonyl (C=O) groups excluding carboxylic acids is 1. The van der Waals surface area contributed by atoms with Crippen LogP contribution in [0, 0.1) is 6.92 Å². The van der Waals surface area contributed by atoms with Crippen LogP contribution in [-0.4, -0.2) is 12.9 Å². The van der Waals surface area contributed by atoms with Crippen LogP contribution in [0.5, 0.6) is 5.75 Å². The molecular formula is C13H10BrClO3. The number of hydrogen-bond donors (Lipinski definition) is 0. The van der Waals surface area contributed by atoms with Crippen LogP contribution in [0.2, 0.25) is 5.22 Å². The molecule has 18 heavy (non-hydrogen) atoms. The van der Waals surface area contributed by atoms with Crippen LogP contribution in [0.15, 0.2) is 33.2 Å². The minimum atomic E-state index is -0.264. The van der Waals surface area contributed by atoms with Crippen molar-refractivity contribution in [2.24, 2.45) is 0 Å². The smallest absolute Gasteiger partial charge is 0.232 e. The maximum absolute atomic E-state index is 12.2. The van der Waals surface area contributed by atoms with Gasteiger partial charge in [-0.25, -0.2) is 0 Å². The minimum Gasteiger partial charge on any atom is -0.496 e. The Morgan fingerprint density at radius 2 is 2.11 bits per heavy atom. The fraction of sp³-hybridized carbons (Fsp3) is 0.154. The molecule has 0 amide bonds. The van der Waals surface area contributed by atoms with Crippen molar-refractivity contribution in [2.45, 2.75) is 6.92 Å². The molecule has 0 N–H and O–H groups in total. The number of ketones is 1. The molecule has 0 aliphatic heterocycles. The summed E-state index contributed by atoms with van der Waals surface area (Å²) in [6, 6.07) is 6.58. The van der Waals surface area contributed by atoms with Crippen molar-refractivity contribution < 1.29 is 13.9 Å². The average Bonchev–Trinajstić information content (AvgIpc) is 2.78. The van der Waals surface area contributed by atoms with Gasteiger partial charge in [0.05, 0.1) is 12.7 Å². The lowest BCUT2D eigenvalue weighted by Crippen LogP contribution is -2.03. The third-order valence-corrected chi connectivity index (χ3v) is 3.58. The van der Waals surface area contributed by atoms with Crippen molar-refractivity contribution in [3.05, 3.63) is 50.8 Å². The van der Waals surface area contributed by atoms with E-state index in [2.05, 4.69) is 15.9 Å². The predicted molar refractivity (Wildman–Crippen MR) is 72.6 cm³/mol. The summed E-state index contributed by atoms with van der Waals surface area (Å²) in [5.74, 6) is 0.432. The zero-order chi connectivity index (χ0) is 13.3. The highest BCUT2D eigenvalue weighted by atomic mass is 79.9. The van der Waals surface area contributed by atoms with Gasteiger partial charge in [0.25, 0.3) is 0 Å². The number of halogens is 2. The van der Waals surface area contributed by atoms with Crippen molar-refractivity contribution >= 4 is 33.3 Å². The van der Waals surface area contributed by atoms with E-state index in [4.69, 9.17) is 20.8 Å². The first-order valence-electron chi connectivity index (χ1n) is 5.17. The Morgan fingerprint density at radius 3 is 2.67 bits per heavy atom. The van der Waals surface area contributed by atoms with Crippen LogP contribution in [0.25, 0.3) is 0 Å². The molecule has 0 bridgehead atoms. The summed E-state index contributed by atoms with van der Waals surface area (Å²) in [5, 5.41) is 0.184. The van der Waals surface area contributed by atoms with Crippen LogP contribution in [0.1, 0.15) is 21.7 Å².